The fourth-order valence-electron chi connectivity index (χ4n) is 1.93. The van der Waals surface area contributed by atoms with Crippen molar-refractivity contribution in [2.24, 2.45) is 0 Å². The zero-order chi connectivity index (χ0) is 13.8. The van der Waals surface area contributed by atoms with Crippen molar-refractivity contribution < 1.29 is 4.92 Å². The molecule has 0 fully saturated rings. The van der Waals surface area contributed by atoms with Gasteiger partial charge in [-0.2, -0.15) is 0 Å². The molecule has 0 spiro atoms. The summed E-state index contributed by atoms with van der Waals surface area (Å²) in [6.07, 6.45) is 0. The third-order valence-corrected chi connectivity index (χ3v) is 3.05. The smallest absolute Gasteiger partial charge is 0.292 e. The maximum atomic E-state index is 10.9. The van der Waals surface area contributed by atoms with Gasteiger partial charge in [-0.15, -0.1) is 0 Å². The van der Waals surface area contributed by atoms with E-state index >= 15 is 0 Å². The van der Waals surface area contributed by atoms with Crippen molar-refractivity contribution in [1.29, 1.82) is 0 Å². The Bertz CT molecular complexity index is 579. The molecule has 2 aromatic rings. The number of para-hydroxylation sites is 2. The lowest BCUT2D eigenvalue weighted by Gasteiger charge is -2.15. The summed E-state index contributed by atoms with van der Waals surface area (Å²) < 4.78 is 0. The van der Waals surface area contributed by atoms with Crippen LogP contribution in [0.15, 0.2) is 48.5 Å². The molecule has 19 heavy (non-hydrogen) atoms. The van der Waals surface area contributed by atoms with Gasteiger partial charge < -0.3 is 5.32 Å². The van der Waals surface area contributed by atoms with Gasteiger partial charge in [-0.1, -0.05) is 42.0 Å². The van der Waals surface area contributed by atoms with Gasteiger partial charge in [-0.3, -0.25) is 10.1 Å². The molecule has 0 aromatic heterocycles. The topological polar surface area (TPSA) is 55.2 Å². The Labute approximate surface area is 112 Å². The SMILES string of the molecule is Cc1ccc(C(C)Nc2ccccc2[N+](=O)[O-])cc1. The fourth-order valence-corrected chi connectivity index (χ4v) is 1.93. The molecule has 1 atom stereocenters. The second kappa shape index (κ2) is 5.52. The molecule has 2 rings (SSSR count). The number of nitrogens with zero attached hydrogens (tertiary/aromatic N) is 1. The Morgan fingerprint density at radius 2 is 1.74 bits per heavy atom. The van der Waals surface area contributed by atoms with Crippen LogP contribution in [0.5, 0.6) is 0 Å². The second-order valence-electron chi connectivity index (χ2n) is 4.55. The average Bonchev–Trinajstić information content (AvgIpc) is 2.39. The summed E-state index contributed by atoms with van der Waals surface area (Å²) in [4.78, 5) is 10.6. The summed E-state index contributed by atoms with van der Waals surface area (Å²) >= 11 is 0. The predicted octanol–water partition coefficient (Wildman–Crippen LogP) is 4.08. The number of benzene rings is 2. The normalized spacial score (nSPS) is 11.9. The van der Waals surface area contributed by atoms with Crippen LogP contribution < -0.4 is 5.32 Å². The summed E-state index contributed by atoms with van der Waals surface area (Å²) in [7, 11) is 0. The molecule has 2 aromatic carbocycles. The standard InChI is InChI=1S/C15H16N2O2/c1-11-7-9-13(10-8-11)12(2)16-14-5-3-4-6-15(14)17(18)19/h3-10,12,16H,1-2H3. The van der Waals surface area contributed by atoms with Crippen molar-refractivity contribution in [1.82, 2.24) is 0 Å². The number of nitro benzene ring substituents is 1. The molecular formula is C15H16N2O2. The van der Waals surface area contributed by atoms with Crippen LogP contribution in [0.1, 0.15) is 24.1 Å². The maximum absolute atomic E-state index is 10.9. The van der Waals surface area contributed by atoms with E-state index in [0.29, 0.717) is 5.69 Å². The van der Waals surface area contributed by atoms with E-state index in [4.69, 9.17) is 0 Å². The summed E-state index contributed by atoms with van der Waals surface area (Å²) in [5.74, 6) is 0. The molecule has 1 N–H and O–H groups in total. The molecule has 0 aliphatic rings. The third kappa shape index (κ3) is 3.10. The summed E-state index contributed by atoms with van der Waals surface area (Å²) in [5.41, 5.74) is 2.94. The first-order valence-corrected chi connectivity index (χ1v) is 6.14. The Hall–Kier alpha value is -2.36. The molecule has 0 saturated heterocycles. The van der Waals surface area contributed by atoms with Gasteiger partial charge in [0.25, 0.3) is 5.69 Å². The van der Waals surface area contributed by atoms with Crippen molar-refractivity contribution in [2.75, 3.05) is 5.32 Å². The van der Waals surface area contributed by atoms with Crippen LogP contribution in [0.3, 0.4) is 0 Å². The third-order valence-electron chi connectivity index (χ3n) is 3.05. The predicted molar refractivity (Wildman–Crippen MR) is 76.3 cm³/mol. The molecule has 4 heteroatoms. The van der Waals surface area contributed by atoms with Gasteiger partial charge in [-0.25, -0.2) is 0 Å². The van der Waals surface area contributed by atoms with Crippen LogP contribution >= 0.6 is 0 Å². The Balaban J connectivity index is 2.21. The lowest BCUT2D eigenvalue weighted by Crippen LogP contribution is -2.08. The van der Waals surface area contributed by atoms with Gasteiger partial charge in [-0.05, 0) is 25.5 Å². The minimum atomic E-state index is -0.371. The first-order valence-electron chi connectivity index (χ1n) is 6.14. The van der Waals surface area contributed by atoms with Gasteiger partial charge in [0.1, 0.15) is 5.69 Å². The zero-order valence-corrected chi connectivity index (χ0v) is 11.0. The maximum Gasteiger partial charge on any atom is 0.292 e. The Morgan fingerprint density at radius 3 is 2.37 bits per heavy atom. The molecule has 0 aliphatic carbocycles. The molecular weight excluding hydrogens is 240 g/mol. The van der Waals surface area contributed by atoms with E-state index in [1.165, 1.54) is 11.6 Å². The number of hydrogen-bond donors (Lipinski definition) is 1. The van der Waals surface area contributed by atoms with Crippen molar-refractivity contribution in [2.45, 2.75) is 19.9 Å². The highest BCUT2D eigenvalue weighted by Gasteiger charge is 2.14. The van der Waals surface area contributed by atoms with E-state index in [9.17, 15) is 10.1 Å². The zero-order valence-electron chi connectivity index (χ0n) is 11.0. The Kier molecular flexibility index (Phi) is 3.80. The molecule has 0 bridgehead atoms. The van der Waals surface area contributed by atoms with Gasteiger partial charge in [0.05, 0.1) is 4.92 Å². The van der Waals surface area contributed by atoms with Crippen LogP contribution in [0.4, 0.5) is 11.4 Å². The summed E-state index contributed by atoms with van der Waals surface area (Å²) in [5, 5.41) is 14.1. The average molecular weight is 256 g/mol. The molecule has 4 nitrogen and oxygen atoms in total. The van der Waals surface area contributed by atoms with Crippen molar-refractivity contribution in [3.05, 3.63) is 69.8 Å². The van der Waals surface area contributed by atoms with Crippen molar-refractivity contribution >= 4 is 11.4 Å². The van der Waals surface area contributed by atoms with E-state index in [1.807, 2.05) is 38.1 Å². The minimum Gasteiger partial charge on any atom is -0.373 e. The fraction of sp³-hybridized carbons (Fsp3) is 0.200. The monoisotopic (exact) mass is 256 g/mol. The van der Waals surface area contributed by atoms with Gasteiger partial charge in [0.2, 0.25) is 0 Å². The lowest BCUT2D eigenvalue weighted by atomic mass is 10.1. The number of nitro groups is 1. The molecule has 98 valence electrons. The highest BCUT2D eigenvalue weighted by molar-refractivity contribution is 5.62. The molecule has 0 heterocycles. The number of rotatable bonds is 4. The van der Waals surface area contributed by atoms with E-state index in [-0.39, 0.29) is 16.7 Å². The number of hydrogen-bond acceptors (Lipinski definition) is 3. The molecule has 1 unspecified atom stereocenters. The number of aryl methyl sites for hydroxylation is 1. The first kappa shape index (κ1) is 13.1. The van der Waals surface area contributed by atoms with Crippen LogP contribution in [0.25, 0.3) is 0 Å². The van der Waals surface area contributed by atoms with Gasteiger partial charge in [0.15, 0.2) is 0 Å². The van der Waals surface area contributed by atoms with Gasteiger partial charge in [0, 0.05) is 12.1 Å². The minimum absolute atomic E-state index is 0.0155. The molecule has 0 amide bonds. The van der Waals surface area contributed by atoms with E-state index in [1.54, 1.807) is 18.2 Å². The molecule has 0 radical (unpaired) electrons. The van der Waals surface area contributed by atoms with Crippen LogP contribution in [0, 0.1) is 17.0 Å². The first-order chi connectivity index (χ1) is 9.08. The molecule has 0 aliphatic heterocycles. The highest BCUT2D eigenvalue weighted by Crippen LogP contribution is 2.27. The van der Waals surface area contributed by atoms with Crippen LogP contribution in [-0.2, 0) is 0 Å². The van der Waals surface area contributed by atoms with E-state index in [0.717, 1.165) is 5.56 Å². The molecule has 0 saturated carbocycles. The quantitative estimate of drug-likeness (QED) is 0.662. The van der Waals surface area contributed by atoms with Crippen molar-refractivity contribution in [3.63, 3.8) is 0 Å². The van der Waals surface area contributed by atoms with Crippen molar-refractivity contribution in [3.8, 4) is 0 Å². The Morgan fingerprint density at radius 1 is 1.11 bits per heavy atom. The van der Waals surface area contributed by atoms with Crippen LogP contribution in [-0.4, -0.2) is 4.92 Å². The number of nitrogens with one attached hydrogen (secondary N) is 1. The number of anilines is 1. The summed E-state index contributed by atoms with van der Waals surface area (Å²) in [6.45, 7) is 4.02. The van der Waals surface area contributed by atoms with E-state index in [2.05, 4.69) is 5.32 Å². The van der Waals surface area contributed by atoms with E-state index < -0.39 is 0 Å². The lowest BCUT2D eigenvalue weighted by molar-refractivity contribution is -0.384. The van der Waals surface area contributed by atoms with Gasteiger partial charge >= 0.3 is 0 Å². The largest absolute Gasteiger partial charge is 0.373 e. The highest BCUT2D eigenvalue weighted by atomic mass is 16.6. The second-order valence-corrected chi connectivity index (χ2v) is 4.55. The van der Waals surface area contributed by atoms with Crippen LogP contribution in [0.2, 0.25) is 0 Å². The summed E-state index contributed by atoms with van der Waals surface area (Å²) in [6, 6.07) is 14.8.